The summed E-state index contributed by atoms with van der Waals surface area (Å²) < 4.78 is 52.2. The number of hydrogen-bond donors (Lipinski definition) is 6. The second-order valence-corrected chi connectivity index (χ2v) is 20.0. The Balaban J connectivity index is 1.24. The molecule has 0 aliphatic rings. The molecule has 344 valence electrons. The van der Waals surface area contributed by atoms with Crippen molar-refractivity contribution in [2.24, 2.45) is 0 Å². The first-order valence-corrected chi connectivity index (χ1v) is 24.3. The first-order chi connectivity index (χ1) is 31.0. The third kappa shape index (κ3) is 11.8. The van der Waals surface area contributed by atoms with Crippen LogP contribution in [0, 0.1) is 6.92 Å². The fourth-order valence-corrected chi connectivity index (χ4v) is 11.4. The minimum atomic E-state index is -3.95. The fraction of sp³-hybridized carbons (Fsp3) is 0.302. The van der Waals surface area contributed by atoms with Crippen molar-refractivity contribution in [3.05, 3.63) is 77.2 Å². The molecule has 0 fully saturated rings. The number of benzene rings is 3. The summed E-state index contributed by atoms with van der Waals surface area (Å²) in [6.07, 6.45) is 6.78. The standard InChI is InChI=1S/C43H52N12O6S4/c1-7-24-14-27(23(3)13-31(24)62-34-19-50-41(47)53-38(34)44)61-11-8-9-25-15-30(60-6)37(18-32(25)63-35-20-51-42(48)54-39(35)45)65(56,57)12-10-22(2)26-16-28(58-4)29(59-5)17-33(26)64-36-21-52-43(49)55-40(36)46/h13-22H,7-12H2,1-6H3,(H4,44,47,50,53)(H4,45,48,51,54)(H4,46,49,52,55). The van der Waals surface area contributed by atoms with Gasteiger partial charge in [-0.25, -0.2) is 23.4 Å². The first-order valence-electron chi connectivity index (χ1n) is 20.2. The van der Waals surface area contributed by atoms with E-state index in [9.17, 15) is 8.42 Å². The Bertz CT molecular complexity index is 2800. The molecule has 18 nitrogen and oxygen atoms in total. The molecule has 1 unspecified atom stereocenters. The van der Waals surface area contributed by atoms with Gasteiger partial charge in [0.2, 0.25) is 17.8 Å². The summed E-state index contributed by atoms with van der Waals surface area (Å²) in [7, 11) is 0.580. The van der Waals surface area contributed by atoms with Crippen LogP contribution in [0.15, 0.2) is 89.3 Å². The second kappa shape index (κ2) is 21.3. The van der Waals surface area contributed by atoms with Gasteiger partial charge in [0.25, 0.3) is 0 Å². The van der Waals surface area contributed by atoms with Crippen LogP contribution in [0.3, 0.4) is 0 Å². The summed E-state index contributed by atoms with van der Waals surface area (Å²) in [5.41, 5.74) is 39.5. The highest BCUT2D eigenvalue weighted by Crippen LogP contribution is 2.44. The van der Waals surface area contributed by atoms with Crippen LogP contribution in [0.2, 0.25) is 0 Å². The minimum Gasteiger partial charge on any atom is -0.495 e. The molecule has 6 rings (SSSR count). The summed E-state index contributed by atoms with van der Waals surface area (Å²) in [5, 5.41) is 0. The third-order valence-electron chi connectivity index (χ3n) is 10.2. The highest BCUT2D eigenvalue weighted by molar-refractivity contribution is 8.00. The number of methoxy groups -OCH3 is 3. The van der Waals surface area contributed by atoms with Gasteiger partial charge < -0.3 is 53.3 Å². The zero-order valence-corrected chi connectivity index (χ0v) is 40.0. The van der Waals surface area contributed by atoms with Crippen LogP contribution < -0.4 is 53.3 Å². The molecule has 0 bridgehead atoms. The van der Waals surface area contributed by atoms with Crippen molar-refractivity contribution in [1.29, 1.82) is 0 Å². The van der Waals surface area contributed by atoms with Gasteiger partial charge in [-0.2, -0.15) is 15.0 Å². The number of sulfone groups is 1. The van der Waals surface area contributed by atoms with E-state index in [1.165, 1.54) is 62.8 Å². The van der Waals surface area contributed by atoms with Crippen LogP contribution in [0.1, 0.15) is 54.9 Å². The lowest BCUT2D eigenvalue weighted by molar-refractivity contribution is 0.308. The lowest BCUT2D eigenvalue weighted by Crippen LogP contribution is -2.12. The van der Waals surface area contributed by atoms with Crippen LogP contribution in [0.4, 0.5) is 35.3 Å². The average Bonchev–Trinajstić information content (AvgIpc) is 3.27. The summed E-state index contributed by atoms with van der Waals surface area (Å²) >= 11 is 4.04. The number of nitrogen functional groups attached to an aromatic ring is 6. The van der Waals surface area contributed by atoms with E-state index in [1.54, 1.807) is 24.5 Å². The molecular formula is C43H52N12O6S4. The molecule has 6 aromatic rings. The van der Waals surface area contributed by atoms with Gasteiger partial charge in [-0.1, -0.05) is 49.1 Å². The predicted molar refractivity (Wildman–Crippen MR) is 257 cm³/mol. The third-order valence-corrected chi connectivity index (χ3v) is 15.3. The van der Waals surface area contributed by atoms with E-state index in [1.807, 2.05) is 32.0 Å². The molecule has 0 aliphatic carbocycles. The molecule has 0 amide bonds. The number of nitrogens with two attached hydrogens (primary N) is 6. The van der Waals surface area contributed by atoms with Crippen LogP contribution >= 0.6 is 35.3 Å². The lowest BCUT2D eigenvalue weighted by Gasteiger charge is -2.20. The molecule has 12 N–H and O–H groups in total. The Morgan fingerprint density at radius 1 is 0.615 bits per heavy atom. The number of aryl methyl sites for hydroxylation is 3. The molecule has 65 heavy (non-hydrogen) atoms. The van der Waals surface area contributed by atoms with Crippen molar-refractivity contribution in [2.75, 3.05) is 68.1 Å². The second-order valence-electron chi connectivity index (χ2n) is 14.6. The predicted octanol–water partition coefficient (Wildman–Crippen LogP) is 6.88. The van der Waals surface area contributed by atoms with Crippen molar-refractivity contribution in [3.63, 3.8) is 0 Å². The molecular weight excluding hydrogens is 909 g/mol. The highest BCUT2D eigenvalue weighted by Gasteiger charge is 2.26. The zero-order chi connectivity index (χ0) is 47.0. The lowest BCUT2D eigenvalue weighted by atomic mass is 9.98. The number of ether oxygens (including phenoxy) is 4. The van der Waals surface area contributed by atoms with Gasteiger partial charge in [0.05, 0.1) is 48.4 Å². The van der Waals surface area contributed by atoms with E-state index in [0.717, 1.165) is 44.2 Å². The van der Waals surface area contributed by atoms with E-state index in [4.69, 9.17) is 53.3 Å². The van der Waals surface area contributed by atoms with E-state index in [0.29, 0.717) is 56.3 Å². The largest absolute Gasteiger partial charge is 0.495 e. The minimum absolute atomic E-state index is 0.0224. The van der Waals surface area contributed by atoms with Gasteiger partial charge in [0.1, 0.15) is 33.8 Å². The molecule has 3 heterocycles. The number of anilines is 6. The molecule has 0 spiro atoms. The van der Waals surface area contributed by atoms with Crippen molar-refractivity contribution < 1.29 is 27.4 Å². The Hall–Kier alpha value is -6.10. The van der Waals surface area contributed by atoms with Crippen LogP contribution in [0.25, 0.3) is 0 Å². The van der Waals surface area contributed by atoms with Gasteiger partial charge in [0.15, 0.2) is 21.3 Å². The molecule has 0 radical (unpaired) electrons. The summed E-state index contributed by atoms with van der Waals surface area (Å²) in [6, 6.07) is 11.1. The number of rotatable bonds is 20. The smallest absolute Gasteiger partial charge is 0.221 e. The summed E-state index contributed by atoms with van der Waals surface area (Å²) in [5.74, 6) is 2.34. The Morgan fingerprint density at radius 2 is 1.11 bits per heavy atom. The van der Waals surface area contributed by atoms with E-state index in [2.05, 4.69) is 42.9 Å². The number of aromatic nitrogens is 6. The van der Waals surface area contributed by atoms with Gasteiger partial charge in [-0.05, 0) is 97.2 Å². The summed E-state index contributed by atoms with van der Waals surface area (Å²) in [4.78, 5) is 28.8. The van der Waals surface area contributed by atoms with Crippen molar-refractivity contribution in [3.8, 4) is 23.0 Å². The molecule has 3 aromatic heterocycles. The van der Waals surface area contributed by atoms with Crippen LogP contribution in [-0.4, -0.2) is 72.0 Å². The Morgan fingerprint density at radius 3 is 1.62 bits per heavy atom. The molecule has 3 aromatic carbocycles. The van der Waals surface area contributed by atoms with Gasteiger partial charge in [-0.15, -0.1) is 0 Å². The maximum atomic E-state index is 14.4. The van der Waals surface area contributed by atoms with Crippen molar-refractivity contribution in [1.82, 2.24) is 29.9 Å². The topological polar surface area (TPSA) is 305 Å². The maximum Gasteiger partial charge on any atom is 0.221 e. The van der Waals surface area contributed by atoms with Gasteiger partial charge in [0, 0.05) is 33.3 Å². The highest BCUT2D eigenvalue weighted by atomic mass is 32.2. The number of nitrogens with zero attached hydrogens (tertiary/aromatic N) is 6. The molecule has 22 heteroatoms. The molecule has 0 saturated carbocycles. The van der Waals surface area contributed by atoms with Crippen molar-refractivity contribution >= 4 is 80.4 Å². The Kier molecular flexibility index (Phi) is 15.8. The zero-order valence-electron chi connectivity index (χ0n) is 36.7. The first kappa shape index (κ1) is 48.4. The van der Waals surface area contributed by atoms with Crippen molar-refractivity contribution in [2.45, 2.75) is 86.6 Å². The van der Waals surface area contributed by atoms with E-state index >= 15 is 0 Å². The molecule has 0 saturated heterocycles. The quantitative estimate of drug-likeness (QED) is 0.0425. The normalized spacial score (nSPS) is 11.9. The van der Waals surface area contributed by atoms with E-state index in [-0.39, 0.29) is 58.2 Å². The molecule has 1 atom stereocenters. The van der Waals surface area contributed by atoms with Gasteiger partial charge >= 0.3 is 0 Å². The fourth-order valence-electron chi connectivity index (χ4n) is 6.68. The van der Waals surface area contributed by atoms with Crippen LogP contribution in [-0.2, 0) is 22.7 Å². The van der Waals surface area contributed by atoms with Gasteiger partial charge in [-0.3, -0.25) is 0 Å². The SMILES string of the molecule is CCc1cc(OCCCc2cc(OC)c(S(=O)(=O)CCC(C)c3cc(OC)c(OC)cc3Sc3cnc(N)nc3N)cc2Sc2cnc(N)nc2N)c(C)cc1Sc1cnc(N)nc1N. The summed E-state index contributed by atoms with van der Waals surface area (Å²) in [6.45, 7) is 6.38. The van der Waals surface area contributed by atoms with Crippen LogP contribution in [0.5, 0.6) is 23.0 Å². The monoisotopic (exact) mass is 960 g/mol. The van der Waals surface area contributed by atoms with E-state index < -0.39 is 9.84 Å². The molecule has 0 aliphatic heterocycles. The Labute approximate surface area is 390 Å². The number of hydrogen-bond acceptors (Lipinski definition) is 21. The maximum absolute atomic E-state index is 14.4. The average molecular weight is 961 g/mol.